The van der Waals surface area contributed by atoms with Crippen molar-refractivity contribution in [2.75, 3.05) is 13.7 Å². The van der Waals surface area contributed by atoms with Gasteiger partial charge < -0.3 is 14.8 Å². The fraction of sp³-hybridized carbons (Fsp3) is 0.258. The number of nitrogens with one attached hydrogen (secondary N) is 1. The van der Waals surface area contributed by atoms with Crippen LogP contribution in [0.4, 0.5) is 4.39 Å². The van der Waals surface area contributed by atoms with Crippen molar-refractivity contribution in [1.82, 2.24) is 5.32 Å². The van der Waals surface area contributed by atoms with E-state index in [0.717, 1.165) is 39.8 Å². The molecule has 1 N–H and O–H groups in total. The molecule has 0 aromatic heterocycles. The zero-order valence-corrected chi connectivity index (χ0v) is 20.8. The van der Waals surface area contributed by atoms with Gasteiger partial charge in [0.05, 0.1) is 12.7 Å². The van der Waals surface area contributed by atoms with Crippen LogP contribution < -0.4 is 10.1 Å². The van der Waals surface area contributed by atoms with Gasteiger partial charge in [0.25, 0.3) is 0 Å². The van der Waals surface area contributed by atoms with Crippen molar-refractivity contribution in [3.05, 3.63) is 112 Å². The molecule has 0 bridgehead atoms. The van der Waals surface area contributed by atoms with Crippen molar-refractivity contribution in [2.45, 2.75) is 38.3 Å². The number of benzene rings is 4. The number of hydrogen-bond donors (Lipinski definition) is 1. The number of aryl methyl sites for hydroxylation is 1. The molecule has 5 rings (SSSR count). The molecule has 1 heterocycles. The molecule has 0 saturated heterocycles. The van der Waals surface area contributed by atoms with E-state index < -0.39 is 0 Å². The molecule has 4 aromatic rings. The van der Waals surface area contributed by atoms with Gasteiger partial charge in [0.2, 0.25) is 0 Å². The lowest BCUT2D eigenvalue weighted by atomic mass is 9.83. The van der Waals surface area contributed by atoms with Crippen LogP contribution in [0, 0.1) is 12.7 Å². The Kier molecular flexibility index (Phi) is 6.75. The van der Waals surface area contributed by atoms with E-state index in [1.165, 1.54) is 13.2 Å². The molecule has 0 aliphatic carbocycles. The Labute approximate surface area is 211 Å². The topological polar surface area (TPSA) is 47.6 Å². The van der Waals surface area contributed by atoms with Crippen LogP contribution in [0.25, 0.3) is 10.8 Å². The second kappa shape index (κ2) is 10.1. The molecule has 0 saturated carbocycles. The number of esters is 1. The van der Waals surface area contributed by atoms with Gasteiger partial charge in [0.15, 0.2) is 0 Å². The smallest absolute Gasteiger partial charge is 0.338 e. The van der Waals surface area contributed by atoms with E-state index in [9.17, 15) is 9.18 Å². The quantitative estimate of drug-likeness (QED) is 0.310. The molecular formula is C31H30FNO3. The first-order chi connectivity index (χ1) is 17.5. The molecular weight excluding hydrogens is 453 g/mol. The minimum Gasteiger partial charge on any atom is -0.489 e. The van der Waals surface area contributed by atoms with E-state index in [0.29, 0.717) is 17.5 Å². The number of para-hydroxylation sites is 1. The van der Waals surface area contributed by atoms with Gasteiger partial charge in [-0.3, -0.25) is 0 Å². The molecule has 184 valence electrons. The third kappa shape index (κ3) is 4.59. The maximum atomic E-state index is 14.3. The van der Waals surface area contributed by atoms with Crippen LogP contribution in [0.3, 0.4) is 0 Å². The number of hydrogen-bond acceptors (Lipinski definition) is 4. The van der Waals surface area contributed by atoms with E-state index in [-0.39, 0.29) is 29.9 Å². The summed E-state index contributed by atoms with van der Waals surface area (Å²) in [6, 6.07) is 25.1. The largest absolute Gasteiger partial charge is 0.489 e. The number of methoxy groups -OCH3 is 1. The summed E-state index contributed by atoms with van der Waals surface area (Å²) in [7, 11) is 1.41. The van der Waals surface area contributed by atoms with Gasteiger partial charge in [0, 0.05) is 29.5 Å². The highest BCUT2D eigenvalue weighted by molar-refractivity contribution is 5.91. The van der Waals surface area contributed by atoms with Crippen molar-refractivity contribution in [3.8, 4) is 5.75 Å². The highest BCUT2D eigenvalue weighted by Crippen LogP contribution is 2.41. The summed E-state index contributed by atoms with van der Waals surface area (Å²) in [6.07, 6.45) is 0.701. The molecule has 0 amide bonds. The Morgan fingerprint density at radius 3 is 2.61 bits per heavy atom. The van der Waals surface area contributed by atoms with Gasteiger partial charge in [-0.2, -0.15) is 0 Å². The Balaban J connectivity index is 1.39. The molecule has 1 aliphatic heterocycles. The number of fused-ring (bicyclic) bond motifs is 2. The van der Waals surface area contributed by atoms with E-state index >= 15 is 0 Å². The summed E-state index contributed by atoms with van der Waals surface area (Å²) in [4.78, 5) is 12.3. The Bertz CT molecular complexity index is 1420. The second-order valence-electron chi connectivity index (χ2n) is 9.44. The van der Waals surface area contributed by atoms with Gasteiger partial charge in [-0.15, -0.1) is 0 Å². The third-order valence-electron chi connectivity index (χ3n) is 7.18. The Morgan fingerprint density at radius 1 is 1.06 bits per heavy atom. The number of carbonyl (C=O) groups excluding carboxylic acids is 1. The average Bonchev–Trinajstić information content (AvgIpc) is 2.91. The molecule has 0 radical (unpaired) electrons. The van der Waals surface area contributed by atoms with Gasteiger partial charge in [-0.25, -0.2) is 9.18 Å². The lowest BCUT2D eigenvalue weighted by Crippen LogP contribution is -2.37. The molecule has 1 aliphatic rings. The first kappa shape index (κ1) is 24.0. The summed E-state index contributed by atoms with van der Waals surface area (Å²) in [6.45, 7) is 4.64. The summed E-state index contributed by atoms with van der Waals surface area (Å²) in [5, 5.41) is 5.16. The lowest BCUT2D eigenvalue weighted by molar-refractivity contribution is 0.0599. The highest BCUT2D eigenvalue weighted by atomic mass is 19.1. The van der Waals surface area contributed by atoms with Crippen molar-refractivity contribution < 1.29 is 18.7 Å². The number of rotatable bonds is 6. The van der Waals surface area contributed by atoms with Gasteiger partial charge in [0.1, 0.15) is 17.7 Å². The second-order valence-corrected chi connectivity index (χ2v) is 9.44. The van der Waals surface area contributed by atoms with E-state index in [1.54, 1.807) is 0 Å². The lowest BCUT2D eigenvalue weighted by Gasteiger charge is -2.33. The Hall–Kier alpha value is -3.70. The highest BCUT2D eigenvalue weighted by Gasteiger charge is 2.30. The van der Waals surface area contributed by atoms with E-state index in [4.69, 9.17) is 9.47 Å². The summed E-state index contributed by atoms with van der Waals surface area (Å²) in [5.41, 5.74) is 4.72. The van der Waals surface area contributed by atoms with Crippen LogP contribution in [0.2, 0.25) is 0 Å². The average molecular weight is 484 g/mol. The number of halogens is 1. The normalized spacial score (nSPS) is 17.8. The van der Waals surface area contributed by atoms with Gasteiger partial charge in [-0.1, -0.05) is 60.7 Å². The summed E-state index contributed by atoms with van der Waals surface area (Å²) in [5.74, 6) is 0.419. The zero-order chi connectivity index (χ0) is 25.2. The standard InChI is InChI=1S/C31H30FNO3/c1-19-12-13-21(16-27(19)31(34)35-3)28-17-22(36-30-11-7-6-10-26(28)30)18-33-20(2)23-14-15-29(32)25-9-5-4-8-24(23)25/h4-16,20,22,28,33H,17-18H2,1-3H3/t20-,22?,28?/m1/s1. The first-order valence-electron chi connectivity index (χ1n) is 12.3. The summed E-state index contributed by atoms with van der Waals surface area (Å²) >= 11 is 0. The number of ether oxygens (including phenoxy) is 2. The predicted octanol–water partition coefficient (Wildman–Crippen LogP) is 6.71. The van der Waals surface area contributed by atoms with Crippen molar-refractivity contribution in [3.63, 3.8) is 0 Å². The minimum absolute atomic E-state index is 0.0139. The predicted molar refractivity (Wildman–Crippen MR) is 140 cm³/mol. The molecule has 0 spiro atoms. The maximum Gasteiger partial charge on any atom is 0.338 e. The van der Waals surface area contributed by atoms with Gasteiger partial charge >= 0.3 is 5.97 Å². The van der Waals surface area contributed by atoms with Crippen LogP contribution in [0.1, 0.15) is 57.9 Å². The first-order valence-corrected chi connectivity index (χ1v) is 12.3. The summed E-state index contributed by atoms with van der Waals surface area (Å²) < 4.78 is 25.7. The number of carbonyl (C=O) groups is 1. The Morgan fingerprint density at radius 2 is 1.81 bits per heavy atom. The molecule has 2 unspecified atom stereocenters. The zero-order valence-electron chi connectivity index (χ0n) is 20.8. The van der Waals surface area contributed by atoms with Crippen molar-refractivity contribution in [2.24, 2.45) is 0 Å². The van der Waals surface area contributed by atoms with Crippen LogP contribution >= 0.6 is 0 Å². The SMILES string of the molecule is COC(=O)c1cc(C2CC(CN[C@H](C)c3ccc(F)c4ccccc34)Oc3ccccc32)ccc1C. The monoisotopic (exact) mass is 483 g/mol. The molecule has 5 heteroatoms. The molecule has 0 fully saturated rings. The van der Waals surface area contributed by atoms with Crippen LogP contribution in [0.5, 0.6) is 5.75 Å². The van der Waals surface area contributed by atoms with Crippen molar-refractivity contribution in [1.29, 1.82) is 0 Å². The fourth-order valence-corrected chi connectivity index (χ4v) is 5.20. The van der Waals surface area contributed by atoms with E-state index in [2.05, 4.69) is 24.4 Å². The van der Waals surface area contributed by atoms with E-state index in [1.807, 2.05) is 67.6 Å². The van der Waals surface area contributed by atoms with Crippen LogP contribution in [-0.2, 0) is 4.74 Å². The molecule has 3 atom stereocenters. The van der Waals surface area contributed by atoms with Crippen molar-refractivity contribution >= 4 is 16.7 Å². The third-order valence-corrected chi connectivity index (χ3v) is 7.18. The van der Waals surface area contributed by atoms with Crippen LogP contribution in [-0.4, -0.2) is 25.7 Å². The molecule has 4 nitrogen and oxygen atoms in total. The maximum absolute atomic E-state index is 14.3. The minimum atomic E-state index is -0.326. The van der Waals surface area contributed by atoms with Gasteiger partial charge in [-0.05, 0) is 60.5 Å². The molecule has 4 aromatic carbocycles. The van der Waals surface area contributed by atoms with Crippen LogP contribution in [0.15, 0.2) is 78.9 Å². The fourth-order valence-electron chi connectivity index (χ4n) is 5.20. The molecule has 36 heavy (non-hydrogen) atoms.